The van der Waals surface area contributed by atoms with E-state index in [1.807, 2.05) is 16.8 Å². The molecule has 2 aromatic rings. The van der Waals surface area contributed by atoms with Crippen LogP contribution in [0.15, 0.2) is 41.1 Å². The lowest BCUT2D eigenvalue weighted by molar-refractivity contribution is 0.0916. The first kappa shape index (κ1) is 13.1. The molecule has 0 aliphatic rings. The normalized spacial score (nSPS) is 12.1. The van der Waals surface area contributed by atoms with Crippen LogP contribution in [0.1, 0.15) is 22.0 Å². The minimum atomic E-state index is -0.692. The molecule has 1 atom stereocenters. The highest BCUT2D eigenvalue weighted by atomic mass is 35.5. The van der Waals surface area contributed by atoms with Crippen LogP contribution in [0.4, 0.5) is 0 Å². The fourth-order valence-electron chi connectivity index (χ4n) is 1.51. The lowest BCUT2D eigenvalue weighted by Crippen LogP contribution is -2.28. The molecule has 0 spiro atoms. The number of carbonyl (C=O) groups excluding carboxylic acids is 1. The van der Waals surface area contributed by atoms with Crippen molar-refractivity contribution < 1.29 is 9.90 Å². The van der Waals surface area contributed by atoms with Crippen LogP contribution < -0.4 is 5.32 Å². The largest absolute Gasteiger partial charge is 0.387 e. The third-order valence-corrected chi connectivity index (χ3v) is 3.53. The van der Waals surface area contributed by atoms with Gasteiger partial charge in [-0.2, -0.15) is 11.3 Å². The summed E-state index contributed by atoms with van der Waals surface area (Å²) in [5, 5.41) is 16.6. The van der Waals surface area contributed by atoms with Gasteiger partial charge in [0.2, 0.25) is 0 Å². The van der Waals surface area contributed by atoms with Crippen LogP contribution in [-0.4, -0.2) is 17.6 Å². The van der Waals surface area contributed by atoms with Crippen molar-refractivity contribution in [1.82, 2.24) is 5.32 Å². The van der Waals surface area contributed by atoms with Crippen LogP contribution in [0.25, 0.3) is 0 Å². The van der Waals surface area contributed by atoms with Crippen LogP contribution in [-0.2, 0) is 0 Å². The number of hydrogen-bond acceptors (Lipinski definition) is 3. The van der Waals surface area contributed by atoms with Crippen molar-refractivity contribution in [3.05, 3.63) is 57.2 Å². The molecular formula is C13H12ClNO2S. The molecule has 0 aliphatic heterocycles. The molecule has 0 saturated heterocycles. The van der Waals surface area contributed by atoms with E-state index in [0.29, 0.717) is 10.6 Å². The Morgan fingerprint density at radius 3 is 2.83 bits per heavy atom. The van der Waals surface area contributed by atoms with Crippen molar-refractivity contribution >= 4 is 28.8 Å². The monoisotopic (exact) mass is 281 g/mol. The fraction of sp³-hybridized carbons (Fsp3) is 0.154. The Balaban J connectivity index is 1.95. The predicted octanol–water partition coefficient (Wildman–Crippen LogP) is 2.86. The molecule has 1 amide bonds. The maximum atomic E-state index is 11.8. The molecule has 0 aliphatic carbocycles. The second kappa shape index (κ2) is 6.00. The maximum absolute atomic E-state index is 11.8. The van der Waals surface area contributed by atoms with Gasteiger partial charge in [0.1, 0.15) is 0 Å². The number of rotatable bonds is 4. The van der Waals surface area contributed by atoms with E-state index < -0.39 is 6.10 Å². The number of nitrogens with one attached hydrogen (secondary N) is 1. The van der Waals surface area contributed by atoms with Crippen molar-refractivity contribution in [1.29, 1.82) is 0 Å². The van der Waals surface area contributed by atoms with E-state index in [0.717, 1.165) is 5.56 Å². The van der Waals surface area contributed by atoms with Crippen LogP contribution in [0, 0.1) is 0 Å². The highest BCUT2D eigenvalue weighted by molar-refractivity contribution is 7.07. The van der Waals surface area contributed by atoms with Gasteiger partial charge in [0.25, 0.3) is 5.91 Å². The molecule has 5 heteroatoms. The highest BCUT2D eigenvalue weighted by Crippen LogP contribution is 2.17. The summed E-state index contributed by atoms with van der Waals surface area (Å²) in [5.74, 6) is -0.283. The van der Waals surface area contributed by atoms with Gasteiger partial charge in [-0.05, 0) is 34.5 Å². The number of benzene rings is 1. The molecular weight excluding hydrogens is 270 g/mol. The van der Waals surface area contributed by atoms with Gasteiger partial charge in [0.05, 0.1) is 16.7 Å². The number of aliphatic hydroxyl groups excluding tert-OH is 1. The first-order valence-corrected chi connectivity index (χ1v) is 6.73. The maximum Gasteiger partial charge on any atom is 0.252 e. The Labute approximate surface area is 114 Å². The number of thiophene rings is 1. The molecule has 18 heavy (non-hydrogen) atoms. The van der Waals surface area contributed by atoms with Crippen molar-refractivity contribution in [3.8, 4) is 0 Å². The summed E-state index contributed by atoms with van der Waals surface area (Å²) < 4.78 is 0. The van der Waals surface area contributed by atoms with Crippen molar-refractivity contribution in [3.63, 3.8) is 0 Å². The Morgan fingerprint density at radius 2 is 2.17 bits per heavy atom. The summed E-state index contributed by atoms with van der Waals surface area (Å²) in [6.07, 6.45) is -0.692. The zero-order valence-corrected chi connectivity index (χ0v) is 11.0. The summed E-state index contributed by atoms with van der Waals surface area (Å²) in [5.41, 5.74) is 1.22. The average molecular weight is 282 g/mol. The molecule has 1 unspecified atom stereocenters. The quantitative estimate of drug-likeness (QED) is 0.905. The SMILES string of the molecule is O=C(NCC(O)c1ccsc1)c1ccccc1Cl. The third kappa shape index (κ3) is 3.10. The zero-order chi connectivity index (χ0) is 13.0. The van der Waals surface area contributed by atoms with Crippen LogP contribution in [0.2, 0.25) is 5.02 Å². The molecule has 94 valence electrons. The first-order valence-electron chi connectivity index (χ1n) is 5.41. The standard InChI is InChI=1S/C13H12ClNO2S/c14-11-4-2-1-3-10(11)13(17)15-7-12(16)9-5-6-18-8-9/h1-6,8,12,16H,7H2,(H,15,17). The van der Waals surface area contributed by atoms with Crippen molar-refractivity contribution in [2.75, 3.05) is 6.54 Å². The summed E-state index contributed by atoms with van der Waals surface area (Å²) in [6.45, 7) is 0.167. The molecule has 0 fully saturated rings. The summed E-state index contributed by atoms with van der Waals surface area (Å²) in [6, 6.07) is 8.65. The molecule has 1 heterocycles. The molecule has 1 aromatic carbocycles. The molecule has 0 saturated carbocycles. The van der Waals surface area contributed by atoms with E-state index >= 15 is 0 Å². The number of aliphatic hydroxyl groups is 1. The topological polar surface area (TPSA) is 49.3 Å². The summed E-state index contributed by atoms with van der Waals surface area (Å²) >= 11 is 7.42. The van der Waals surface area contributed by atoms with Crippen molar-refractivity contribution in [2.24, 2.45) is 0 Å². The van der Waals surface area contributed by atoms with Gasteiger partial charge in [-0.25, -0.2) is 0 Å². The molecule has 2 N–H and O–H groups in total. The van der Waals surface area contributed by atoms with E-state index in [2.05, 4.69) is 5.32 Å². The van der Waals surface area contributed by atoms with Gasteiger partial charge in [-0.3, -0.25) is 4.79 Å². The smallest absolute Gasteiger partial charge is 0.252 e. The van der Waals surface area contributed by atoms with E-state index in [1.54, 1.807) is 24.3 Å². The van der Waals surface area contributed by atoms with E-state index in [4.69, 9.17) is 11.6 Å². The average Bonchev–Trinajstić information content (AvgIpc) is 2.90. The van der Waals surface area contributed by atoms with Crippen LogP contribution >= 0.6 is 22.9 Å². The minimum Gasteiger partial charge on any atom is -0.387 e. The third-order valence-electron chi connectivity index (χ3n) is 2.50. The highest BCUT2D eigenvalue weighted by Gasteiger charge is 2.12. The van der Waals surface area contributed by atoms with Crippen molar-refractivity contribution in [2.45, 2.75) is 6.10 Å². The number of hydrogen-bond donors (Lipinski definition) is 2. The minimum absolute atomic E-state index is 0.167. The van der Waals surface area contributed by atoms with E-state index in [9.17, 15) is 9.90 Å². The zero-order valence-electron chi connectivity index (χ0n) is 9.47. The number of amides is 1. The number of halogens is 1. The second-order valence-corrected chi connectivity index (χ2v) is 4.95. The lowest BCUT2D eigenvalue weighted by atomic mass is 10.2. The van der Waals surface area contributed by atoms with Gasteiger partial charge in [-0.15, -0.1) is 0 Å². The van der Waals surface area contributed by atoms with Gasteiger partial charge >= 0.3 is 0 Å². The Bertz CT molecular complexity index is 528. The first-order chi connectivity index (χ1) is 8.68. The Kier molecular flexibility index (Phi) is 4.36. The van der Waals surface area contributed by atoms with Crippen LogP contribution in [0.3, 0.4) is 0 Å². The second-order valence-electron chi connectivity index (χ2n) is 3.76. The molecule has 0 radical (unpaired) electrons. The lowest BCUT2D eigenvalue weighted by Gasteiger charge is -2.11. The molecule has 3 nitrogen and oxygen atoms in total. The molecule has 2 rings (SSSR count). The molecule has 0 bridgehead atoms. The van der Waals surface area contributed by atoms with E-state index in [1.165, 1.54) is 11.3 Å². The summed E-state index contributed by atoms with van der Waals surface area (Å²) in [7, 11) is 0. The Hall–Kier alpha value is -1.36. The van der Waals surface area contributed by atoms with Crippen LogP contribution in [0.5, 0.6) is 0 Å². The summed E-state index contributed by atoms with van der Waals surface area (Å²) in [4.78, 5) is 11.8. The predicted molar refractivity (Wildman–Crippen MR) is 73.1 cm³/mol. The van der Waals surface area contributed by atoms with Gasteiger partial charge < -0.3 is 10.4 Å². The molecule has 1 aromatic heterocycles. The fourth-order valence-corrected chi connectivity index (χ4v) is 2.44. The van der Waals surface area contributed by atoms with Gasteiger partial charge in [0, 0.05) is 6.54 Å². The number of carbonyl (C=O) groups is 1. The van der Waals surface area contributed by atoms with E-state index in [-0.39, 0.29) is 12.5 Å². The van der Waals surface area contributed by atoms with Gasteiger partial charge in [0.15, 0.2) is 0 Å². The Morgan fingerprint density at radius 1 is 1.39 bits per heavy atom. The van der Waals surface area contributed by atoms with Gasteiger partial charge in [-0.1, -0.05) is 23.7 Å².